The fraction of sp³-hybridized carbons (Fsp3) is 0.276. The first kappa shape index (κ1) is 36.4. The highest BCUT2D eigenvalue weighted by Gasteiger charge is 2.40. The summed E-state index contributed by atoms with van der Waals surface area (Å²) >= 11 is 0. The van der Waals surface area contributed by atoms with Gasteiger partial charge in [0.1, 0.15) is 0 Å². The summed E-state index contributed by atoms with van der Waals surface area (Å²) in [6.07, 6.45) is 12.3. The van der Waals surface area contributed by atoms with Crippen molar-refractivity contribution in [2.75, 3.05) is 4.90 Å². The third-order valence-electron chi connectivity index (χ3n) is 15.0. The molecule has 2 bridgehead atoms. The van der Waals surface area contributed by atoms with Gasteiger partial charge < -0.3 is 4.90 Å². The summed E-state index contributed by atoms with van der Waals surface area (Å²) in [5.41, 5.74) is 19.8. The molecule has 3 unspecified atom stereocenters. The first-order valence-electron chi connectivity index (χ1n) is 22.5. The third kappa shape index (κ3) is 6.46. The van der Waals surface area contributed by atoms with Gasteiger partial charge in [-0.3, -0.25) is 0 Å². The molecule has 0 radical (unpaired) electrons. The molecule has 4 aliphatic rings. The van der Waals surface area contributed by atoms with Crippen LogP contribution in [0, 0.1) is 11.8 Å². The Morgan fingerprint density at radius 3 is 1.78 bits per heavy atom. The predicted octanol–water partition coefficient (Wildman–Crippen LogP) is 16.4. The second kappa shape index (κ2) is 14.9. The Hall–Kier alpha value is -5.66. The number of anilines is 3. The molecule has 0 amide bonds. The maximum Gasteiger partial charge on any atom is 0.0465 e. The van der Waals surface area contributed by atoms with E-state index >= 15 is 0 Å². The molecule has 3 saturated carbocycles. The van der Waals surface area contributed by atoms with Crippen LogP contribution in [0.1, 0.15) is 106 Å². The van der Waals surface area contributed by atoms with E-state index in [-0.39, 0.29) is 5.41 Å². The number of nitrogens with zero attached hydrogens (tertiary/aromatic N) is 1. The van der Waals surface area contributed by atoms with Crippen molar-refractivity contribution in [3.8, 4) is 44.5 Å². The number of hydrogen-bond acceptors (Lipinski definition) is 1. The molecule has 0 heterocycles. The van der Waals surface area contributed by atoms with E-state index in [4.69, 9.17) is 0 Å². The van der Waals surface area contributed by atoms with Crippen LogP contribution in [0.4, 0.5) is 17.1 Å². The number of rotatable bonds is 8. The lowest BCUT2D eigenvalue weighted by Crippen LogP contribution is -2.16. The normalized spacial score (nSPS) is 20.3. The SMILES string of the molecule is CC1(C)c2ccc(-c3ccccc3-c3ccccc3)cc2-c2ccc(N(c3ccc(-c4ccccc4C4CCCCC4)cc3)c3ccc(C4CC5CCC4C5)cc3)cc21. The summed E-state index contributed by atoms with van der Waals surface area (Å²) in [6, 6.07) is 62.4. The van der Waals surface area contributed by atoms with Gasteiger partial charge in [0, 0.05) is 22.5 Å². The van der Waals surface area contributed by atoms with E-state index in [1.807, 2.05) is 0 Å². The summed E-state index contributed by atoms with van der Waals surface area (Å²) in [5, 5.41) is 0. The average molecular weight is 766 g/mol. The molecule has 292 valence electrons. The molecule has 1 nitrogen and oxygen atoms in total. The van der Waals surface area contributed by atoms with Crippen molar-refractivity contribution in [1.82, 2.24) is 0 Å². The summed E-state index contributed by atoms with van der Waals surface area (Å²) in [5.74, 6) is 3.21. The third-order valence-corrected chi connectivity index (χ3v) is 15.0. The minimum Gasteiger partial charge on any atom is -0.310 e. The van der Waals surface area contributed by atoms with Crippen LogP contribution in [0.2, 0.25) is 0 Å². The molecule has 1 heteroatoms. The fourth-order valence-corrected chi connectivity index (χ4v) is 11.9. The van der Waals surface area contributed by atoms with Crippen LogP contribution in [-0.2, 0) is 5.41 Å². The summed E-state index contributed by atoms with van der Waals surface area (Å²) in [4.78, 5) is 2.50. The summed E-state index contributed by atoms with van der Waals surface area (Å²) in [6.45, 7) is 4.82. The molecule has 3 fully saturated rings. The monoisotopic (exact) mass is 765 g/mol. The van der Waals surface area contributed by atoms with Crippen LogP contribution >= 0.6 is 0 Å². The van der Waals surface area contributed by atoms with Gasteiger partial charge in [0.25, 0.3) is 0 Å². The van der Waals surface area contributed by atoms with Crippen LogP contribution < -0.4 is 4.90 Å². The predicted molar refractivity (Wildman–Crippen MR) is 249 cm³/mol. The van der Waals surface area contributed by atoms with Crippen LogP contribution in [0.5, 0.6) is 0 Å². The van der Waals surface area contributed by atoms with Crippen molar-refractivity contribution in [3.63, 3.8) is 0 Å². The molecule has 0 N–H and O–H groups in total. The van der Waals surface area contributed by atoms with Crippen molar-refractivity contribution in [3.05, 3.63) is 186 Å². The largest absolute Gasteiger partial charge is 0.310 e. The average Bonchev–Trinajstić information content (AvgIpc) is 4.00. The van der Waals surface area contributed by atoms with E-state index in [1.165, 1.54) is 142 Å². The Morgan fingerprint density at radius 2 is 1.07 bits per heavy atom. The Morgan fingerprint density at radius 1 is 0.441 bits per heavy atom. The lowest BCUT2D eigenvalue weighted by Gasteiger charge is -2.29. The quantitative estimate of drug-likeness (QED) is 0.149. The highest BCUT2D eigenvalue weighted by molar-refractivity contribution is 5.91. The molecule has 4 aliphatic carbocycles. The summed E-state index contributed by atoms with van der Waals surface area (Å²) < 4.78 is 0. The second-order valence-electron chi connectivity index (χ2n) is 18.7. The highest BCUT2D eigenvalue weighted by Crippen LogP contribution is 2.54. The van der Waals surface area contributed by atoms with Gasteiger partial charge in [-0.05, 0) is 165 Å². The van der Waals surface area contributed by atoms with E-state index in [0.717, 1.165) is 17.8 Å². The first-order valence-corrected chi connectivity index (χ1v) is 22.5. The standard InChI is InChI=1S/C58H55N/c1-58(2)56-34-27-45(52-20-12-11-18-50(52)41-15-7-4-8-16-41)37-55(56)53-33-32-48(38-57(53)58)59(47-30-25-43(26-31-47)54-36-39-21-22-44(54)35-39)46-28-23-42(24-29-46)51-19-10-9-17-49(51)40-13-5-3-6-14-40/h4,7-12,15-20,23-34,37-40,44,54H,3,5-6,13-14,21-22,35-36H2,1-2H3. The van der Waals surface area contributed by atoms with Crippen LogP contribution in [0.15, 0.2) is 164 Å². The Labute approximate surface area is 351 Å². The van der Waals surface area contributed by atoms with Gasteiger partial charge in [-0.25, -0.2) is 0 Å². The molecule has 0 aliphatic heterocycles. The Bertz CT molecular complexity index is 2630. The lowest BCUT2D eigenvalue weighted by molar-refractivity contribution is 0.420. The van der Waals surface area contributed by atoms with Gasteiger partial charge in [0.05, 0.1) is 0 Å². The number of benzene rings is 7. The Balaban J connectivity index is 0.982. The zero-order valence-electron chi connectivity index (χ0n) is 34.7. The maximum absolute atomic E-state index is 2.50. The van der Waals surface area contributed by atoms with Crippen LogP contribution in [0.3, 0.4) is 0 Å². The lowest BCUT2D eigenvalue weighted by atomic mass is 9.81. The topological polar surface area (TPSA) is 3.24 Å². The molecule has 7 aromatic rings. The summed E-state index contributed by atoms with van der Waals surface area (Å²) in [7, 11) is 0. The smallest absolute Gasteiger partial charge is 0.0465 e. The van der Waals surface area contributed by atoms with Gasteiger partial charge in [-0.1, -0.05) is 161 Å². The zero-order valence-corrected chi connectivity index (χ0v) is 34.7. The van der Waals surface area contributed by atoms with Crippen LogP contribution in [0.25, 0.3) is 44.5 Å². The fourth-order valence-electron chi connectivity index (χ4n) is 11.9. The molecule has 0 saturated heterocycles. The zero-order chi connectivity index (χ0) is 39.5. The van der Waals surface area contributed by atoms with Crippen molar-refractivity contribution in [2.24, 2.45) is 11.8 Å². The molecule has 7 aromatic carbocycles. The van der Waals surface area contributed by atoms with E-state index in [1.54, 1.807) is 0 Å². The van der Waals surface area contributed by atoms with Gasteiger partial charge in [-0.2, -0.15) is 0 Å². The molecule has 59 heavy (non-hydrogen) atoms. The molecule has 0 aromatic heterocycles. The van der Waals surface area contributed by atoms with Gasteiger partial charge in [0.2, 0.25) is 0 Å². The second-order valence-corrected chi connectivity index (χ2v) is 18.7. The number of hydrogen-bond donors (Lipinski definition) is 0. The van der Waals surface area contributed by atoms with E-state index < -0.39 is 0 Å². The van der Waals surface area contributed by atoms with Crippen molar-refractivity contribution >= 4 is 17.1 Å². The van der Waals surface area contributed by atoms with Gasteiger partial charge in [0.15, 0.2) is 0 Å². The Kier molecular flexibility index (Phi) is 9.18. The van der Waals surface area contributed by atoms with Crippen molar-refractivity contribution < 1.29 is 0 Å². The minimum absolute atomic E-state index is 0.137. The minimum atomic E-state index is -0.137. The van der Waals surface area contributed by atoms with Crippen molar-refractivity contribution in [2.45, 2.75) is 88.9 Å². The molecular weight excluding hydrogens is 711 g/mol. The molecular formula is C58H55N. The van der Waals surface area contributed by atoms with Gasteiger partial charge >= 0.3 is 0 Å². The molecule has 11 rings (SSSR count). The molecule has 0 spiro atoms. The van der Waals surface area contributed by atoms with Gasteiger partial charge in [-0.15, -0.1) is 0 Å². The first-order chi connectivity index (χ1) is 29.0. The molecule has 3 atom stereocenters. The van der Waals surface area contributed by atoms with Crippen LogP contribution in [-0.4, -0.2) is 0 Å². The van der Waals surface area contributed by atoms with E-state index in [0.29, 0.717) is 5.92 Å². The number of fused-ring (bicyclic) bond motifs is 5. The maximum atomic E-state index is 2.50. The highest BCUT2D eigenvalue weighted by atomic mass is 15.1. The van der Waals surface area contributed by atoms with E-state index in [9.17, 15) is 0 Å². The van der Waals surface area contributed by atoms with E-state index in [2.05, 4.69) is 183 Å². The van der Waals surface area contributed by atoms with Crippen molar-refractivity contribution in [1.29, 1.82) is 0 Å².